The minimum absolute atomic E-state index is 0.126. The molecular weight excluding hydrogens is 348 g/mol. The van der Waals surface area contributed by atoms with Crippen molar-refractivity contribution in [2.24, 2.45) is 0 Å². The van der Waals surface area contributed by atoms with E-state index in [-0.39, 0.29) is 23.2 Å². The molecule has 0 fully saturated rings. The summed E-state index contributed by atoms with van der Waals surface area (Å²) < 4.78 is 26.8. The largest absolute Gasteiger partial charge is 0.323 e. The molecule has 2 rings (SSSR count). The molecule has 0 aliphatic rings. The molecule has 1 amide bonds. The van der Waals surface area contributed by atoms with Crippen LogP contribution in [-0.2, 0) is 4.79 Å². The topological polar surface area (TPSA) is 29.1 Å². The predicted molar refractivity (Wildman–Crippen MR) is 79.9 cm³/mol. The van der Waals surface area contributed by atoms with Crippen molar-refractivity contribution in [1.29, 1.82) is 0 Å². The maximum atomic E-state index is 13.5. The lowest BCUT2D eigenvalue weighted by molar-refractivity contribution is -0.113. The van der Waals surface area contributed by atoms with E-state index >= 15 is 0 Å². The van der Waals surface area contributed by atoms with Gasteiger partial charge in [0.2, 0.25) is 5.91 Å². The number of carbonyl (C=O) groups is 1. The molecule has 0 unspecified atom stereocenters. The summed E-state index contributed by atoms with van der Waals surface area (Å²) in [6, 6.07) is 10.2. The normalized spacial score (nSPS) is 10.3. The molecule has 0 bridgehead atoms. The summed E-state index contributed by atoms with van der Waals surface area (Å²) in [6.07, 6.45) is 0. The Morgan fingerprint density at radius 3 is 2.50 bits per heavy atom. The molecule has 104 valence electrons. The lowest BCUT2D eigenvalue weighted by atomic mass is 10.3. The van der Waals surface area contributed by atoms with Crippen molar-refractivity contribution in [1.82, 2.24) is 0 Å². The Kier molecular flexibility index (Phi) is 5.14. The van der Waals surface area contributed by atoms with Gasteiger partial charge in [-0.1, -0.05) is 15.9 Å². The minimum atomic E-state index is -0.500. The van der Waals surface area contributed by atoms with E-state index in [1.165, 1.54) is 36.0 Å². The highest BCUT2D eigenvalue weighted by molar-refractivity contribution is 9.10. The van der Waals surface area contributed by atoms with Crippen LogP contribution in [0, 0.1) is 11.6 Å². The first-order valence-electron chi connectivity index (χ1n) is 5.68. The van der Waals surface area contributed by atoms with Gasteiger partial charge in [-0.15, -0.1) is 11.8 Å². The minimum Gasteiger partial charge on any atom is -0.323 e. The molecule has 0 aliphatic carbocycles. The summed E-state index contributed by atoms with van der Waals surface area (Å²) in [6.45, 7) is 0. The number of halogens is 3. The van der Waals surface area contributed by atoms with Gasteiger partial charge in [0.1, 0.15) is 11.6 Å². The van der Waals surface area contributed by atoms with E-state index in [0.717, 1.165) is 4.90 Å². The van der Waals surface area contributed by atoms with Crippen molar-refractivity contribution >= 4 is 39.3 Å². The third kappa shape index (κ3) is 4.31. The van der Waals surface area contributed by atoms with Gasteiger partial charge in [-0.2, -0.15) is 0 Å². The van der Waals surface area contributed by atoms with Crippen LogP contribution in [0.25, 0.3) is 0 Å². The molecule has 1 N–H and O–H groups in total. The fourth-order valence-corrected chi connectivity index (χ4v) is 2.49. The van der Waals surface area contributed by atoms with Crippen molar-refractivity contribution in [3.05, 3.63) is 58.6 Å². The van der Waals surface area contributed by atoms with Crippen LogP contribution in [0.4, 0.5) is 14.5 Å². The van der Waals surface area contributed by atoms with Gasteiger partial charge in [0.05, 0.1) is 11.4 Å². The molecule has 6 heteroatoms. The summed E-state index contributed by atoms with van der Waals surface area (Å²) in [4.78, 5) is 12.5. The van der Waals surface area contributed by atoms with Crippen molar-refractivity contribution < 1.29 is 13.6 Å². The Balaban J connectivity index is 1.90. The Hall–Kier alpha value is -1.40. The zero-order chi connectivity index (χ0) is 14.5. The van der Waals surface area contributed by atoms with Crippen LogP contribution in [0.5, 0.6) is 0 Å². The lowest BCUT2D eigenvalue weighted by Gasteiger charge is -2.06. The number of rotatable bonds is 4. The molecule has 20 heavy (non-hydrogen) atoms. The van der Waals surface area contributed by atoms with E-state index in [4.69, 9.17) is 0 Å². The van der Waals surface area contributed by atoms with Crippen LogP contribution in [0.15, 0.2) is 51.8 Å². The number of hydrogen-bond acceptors (Lipinski definition) is 2. The van der Waals surface area contributed by atoms with Crippen LogP contribution in [0.1, 0.15) is 0 Å². The molecule has 0 saturated heterocycles. The van der Waals surface area contributed by atoms with E-state index < -0.39 is 5.82 Å². The Morgan fingerprint density at radius 1 is 1.15 bits per heavy atom. The number of thioether (sulfide) groups is 1. The zero-order valence-electron chi connectivity index (χ0n) is 10.2. The number of hydrogen-bond donors (Lipinski definition) is 1. The van der Waals surface area contributed by atoms with Gasteiger partial charge >= 0.3 is 0 Å². The number of carbonyl (C=O) groups excluding carboxylic acids is 1. The standard InChI is InChI=1S/C14H10BrF2NOS/c15-9-1-6-13(12(17)7-9)18-14(19)8-20-11-4-2-10(16)3-5-11/h1-7H,8H2,(H,18,19). The van der Waals surface area contributed by atoms with Crippen LogP contribution in [0.2, 0.25) is 0 Å². The fraction of sp³-hybridized carbons (Fsp3) is 0.0714. The Bertz CT molecular complexity index is 619. The smallest absolute Gasteiger partial charge is 0.234 e. The SMILES string of the molecule is O=C(CSc1ccc(F)cc1)Nc1ccc(Br)cc1F. The highest BCUT2D eigenvalue weighted by atomic mass is 79.9. The molecule has 0 heterocycles. The van der Waals surface area contributed by atoms with Crippen molar-refractivity contribution in [3.8, 4) is 0 Å². The zero-order valence-corrected chi connectivity index (χ0v) is 12.6. The van der Waals surface area contributed by atoms with Gasteiger partial charge in [0.15, 0.2) is 0 Å². The van der Waals surface area contributed by atoms with Crippen LogP contribution >= 0.6 is 27.7 Å². The maximum absolute atomic E-state index is 13.5. The molecule has 0 spiro atoms. The van der Waals surface area contributed by atoms with E-state index in [9.17, 15) is 13.6 Å². The van der Waals surface area contributed by atoms with Gasteiger partial charge in [-0.25, -0.2) is 8.78 Å². The average molecular weight is 358 g/mol. The third-order valence-corrected chi connectivity index (χ3v) is 3.89. The average Bonchev–Trinajstić information content (AvgIpc) is 2.41. The molecule has 0 radical (unpaired) electrons. The van der Waals surface area contributed by atoms with E-state index in [1.54, 1.807) is 18.2 Å². The fourth-order valence-electron chi connectivity index (χ4n) is 1.46. The molecule has 2 aromatic carbocycles. The quantitative estimate of drug-likeness (QED) is 0.818. The highest BCUT2D eigenvalue weighted by Gasteiger charge is 2.08. The van der Waals surface area contributed by atoms with Crippen LogP contribution in [-0.4, -0.2) is 11.7 Å². The summed E-state index contributed by atoms with van der Waals surface area (Å²) >= 11 is 4.40. The van der Waals surface area contributed by atoms with Crippen LogP contribution in [0.3, 0.4) is 0 Å². The number of nitrogens with one attached hydrogen (secondary N) is 1. The maximum Gasteiger partial charge on any atom is 0.234 e. The summed E-state index contributed by atoms with van der Waals surface area (Å²) in [5.74, 6) is -1.02. The highest BCUT2D eigenvalue weighted by Crippen LogP contribution is 2.21. The predicted octanol–water partition coefficient (Wildman–Crippen LogP) is 4.46. The van der Waals surface area contributed by atoms with E-state index in [0.29, 0.717) is 4.47 Å². The number of anilines is 1. The first-order chi connectivity index (χ1) is 9.54. The first kappa shape index (κ1) is 15.0. The van der Waals surface area contributed by atoms with Crippen molar-refractivity contribution in [2.45, 2.75) is 4.90 Å². The van der Waals surface area contributed by atoms with Gasteiger partial charge in [-0.3, -0.25) is 4.79 Å². The van der Waals surface area contributed by atoms with Gasteiger partial charge in [0.25, 0.3) is 0 Å². The molecule has 2 aromatic rings. The number of benzene rings is 2. The Labute approximate surface area is 127 Å². The lowest BCUT2D eigenvalue weighted by Crippen LogP contribution is -2.14. The second-order valence-electron chi connectivity index (χ2n) is 3.91. The van der Waals surface area contributed by atoms with Gasteiger partial charge < -0.3 is 5.32 Å². The van der Waals surface area contributed by atoms with Gasteiger partial charge in [0, 0.05) is 9.37 Å². The molecular formula is C14H10BrF2NOS. The Morgan fingerprint density at radius 2 is 1.85 bits per heavy atom. The molecule has 0 aromatic heterocycles. The van der Waals surface area contributed by atoms with Crippen molar-refractivity contribution in [2.75, 3.05) is 11.1 Å². The summed E-state index contributed by atoms with van der Waals surface area (Å²) in [5.41, 5.74) is 0.137. The third-order valence-electron chi connectivity index (χ3n) is 2.39. The second-order valence-corrected chi connectivity index (χ2v) is 5.88. The van der Waals surface area contributed by atoms with E-state index in [1.807, 2.05) is 0 Å². The second kappa shape index (κ2) is 6.85. The van der Waals surface area contributed by atoms with E-state index in [2.05, 4.69) is 21.2 Å². The molecule has 0 aliphatic heterocycles. The van der Waals surface area contributed by atoms with Crippen molar-refractivity contribution in [3.63, 3.8) is 0 Å². The summed E-state index contributed by atoms with van der Waals surface area (Å²) in [5, 5.41) is 2.49. The van der Waals surface area contributed by atoms with Gasteiger partial charge in [-0.05, 0) is 42.5 Å². The first-order valence-corrected chi connectivity index (χ1v) is 7.46. The monoisotopic (exact) mass is 357 g/mol. The molecule has 0 saturated carbocycles. The molecule has 2 nitrogen and oxygen atoms in total. The number of amides is 1. The molecule has 0 atom stereocenters. The van der Waals surface area contributed by atoms with Crippen LogP contribution < -0.4 is 5.32 Å². The summed E-state index contributed by atoms with van der Waals surface area (Å²) in [7, 11) is 0.